The first-order valence-electron chi connectivity index (χ1n) is 12.5. The topological polar surface area (TPSA) is 94.6 Å². The molecule has 4 heterocycles. The second-order valence-corrected chi connectivity index (χ2v) is 9.49. The predicted molar refractivity (Wildman–Crippen MR) is 133 cm³/mol. The third-order valence-corrected chi connectivity index (χ3v) is 7.10. The number of hydrogen-bond donors (Lipinski definition) is 1. The predicted octanol–water partition coefficient (Wildman–Crippen LogP) is 4.35. The van der Waals surface area contributed by atoms with E-state index in [1.807, 2.05) is 47.3 Å². The molecule has 0 spiro atoms. The van der Waals surface area contributed by atoms with Crippen molar-refractivity contribution in [2.75, 3.05) is 19.7 Å². The summed E-state index contributed by atoms with van der Waals surface area (Å²) in [6.07, 6.45) is 5.15. The van der Waals surface area contributed by atoms with E-state index in [-0.39, 0.29) is 11.7 Å². The lowest BCUT2D eigenvalue weighted by molar-refractivity contribution is -0.0592. The lowest BCUT2D eigenvalue weighted by Gasteiger charge is -2.32. The molecule has 2 aromatic carbocycles. The molecular weight excluding hydrogens is 458 g/mol. The Morgan fingerprint density at radius 1 is 1.08 bits per heavy atom. The van der Waals surface area contributed by atoms with Crippen LogP contribution in [0.2, 0.25) is 0 Å². The number of para-hydroxylation sites is 1. The summed E-state index contributed by atoms with van der Waals surface area (Å²) in [7, 11) is 0. The maximum Gasteiger partial charge on any atom is 0.335 e. The highest BCUT2D eigenvalue weighted by Gasteiger charge is 2.26. The van der Waals surface area contributed by atoms with Crippen molar-refractivity contribution in [2.24, 2.45) is 0 Å². The molecule has 0 radical (unpaired) electrons. The Kier molecular flexibility index (Phi) is 6.16. The molecule has 36 heavy (non-hydrogen) atoms. The lowest BCUT2D eigenvalue weighted by Crippen LogP contribution is -2.36. The number of nitrogens with zero attached hydrogens (tertiary/aromatic N) is 5. The van der Waals surface area contributed by atoms with E-state index in [1.54, 1.807) is 18.2 Å². The Morgan fingerprint density at radius 2 is 1.89 bits per heavy atom. The third kappa shape index (κ3) is 4.72. The van der Waals surface area contributed by atoms with Gasteiger partial charge in [0.2, 0.25) is 5.88 Å². The molecule has 1 atom stereocenters. The van der Waals surface area contributed by atoms with Gasteiger partial charge in [0.15, 0.2) is 0 Å². The molecule has 9 nitrogen and oxygen atoms in total. The zero-order valence-electron chi connectivity index (χ0n) is 20.0. The normalized spacial score (nSPS) is 18.8. The summed E-state index contributed by atoms with van der Waals surface area (Å²) in [5.41, 5.74) is 1.96. The minimum absolute atomic E-state index is 0.160. The second kappa shape index (κ2) is 9.75. The number of aromatic carboxylic acids is 1. The number of fused-ring (bicyclic) bond motifs is 1. The van der Waals surface area contributed by atoms with Gasteiger partial charge >= 0.3 is 5.97 Å². The van der Waals surface area contributed by atoms with Crippen LogP contribution in [-0.4, -0.2) is 61.1 Å². The highest BCUT2D eigenvalue weighted by molar-refractivity contribution is 5.92. The van der Waals surface area contributed by atoms with E-state index in [0.717, 1.165) is 68.1 Å². The van der Waals surface area contributed by atoms with Crippen molar-refractivity contribution in [1.29, 1.82) is 0 Å². The summed E-state index contributed by atoms with van der Waals surface area (Å²) in [6.45, 7) is 4.07. The van der Waals surface area contributed by atoms with Gasteiger partial charge in [-0.25, -0.2) is 9.78 Å². The standard InChI is InChI=1S/C27H29N5O4/c33-27(34)19-6-7-23-24(16-19)31(17-22-11-15-35-22)25(28-23)18-30-12-8-20(9-13-30)32-14-10-26(29-32)36-21-4-2-1-3-5-21/h1-7,10,14,16,20,22H,8-9,11-13,15,17-18H2,(H,33,34)/t22-/m0/s1. The summed E-state index contributed by atoms with van der Waals surface area (Å²) < 4.78 is 15.7. The highest BCUT2D eigenvalue weighted by Crippen LogP contribution is 2.28. The number of aromatic nitrogens is 4. The second-order valence-electron chi connectivity index (χ2n) is 9.49. The molecule has 2 aliphatic rings. The summed E-state index contributed by atoms with van der Waals surface area (Å²) >= 11 is 0. The van der Waals surface area contributed by atoms with Crippen LogP contribution in [-0.2, 0) is 17.8 Å². The van der Waals surface area contributed by atoms with Crippen molar-refractivity contribution in [3.63, 3.8) is 0 Å². The van der Waals surface area contributed by atoms with E-state index in [4.69, 9.17) is 14.5 Å². The zero-order chi connectivity index (χ0) is 24.5. The first kappa shape index (κ1) is 22.8. The molecule has 2 fully saturated rings. The fraction of sp³-hybridized carbons (Fsp3) is 0.370. The van der Waals surface area contributed by atoms with E-state index < -0.39 is 5.97 Å². The van der Waals surface area contributed by atoms with E-state index >= 15 is 0 Å². The number of piperidine rings is 1. The van der Waals surface area contributed by atoms with E-state index in [0.29, 0.717) is 18.5 Å². The first-order valence-corrected chi connectivity index (χ1v) is 12.5. The van der Waals surface area contributed by atoms with Crippen molar-refractivity contribution in [1.82, 2.24) is 24.2 Å². The molecular formula is C27H29N5O4. The first-order chi connectivity index (χ1) is 17.6. The zero-order valence-corrected chi connectivity index (χ0v) is 20.0. The summed E-state index contributed by atoms with van der Waals surface area (Å²) in [6, 6.07) is 17.1. The minimum atomic E-state index is -0.927. The van der Waals surface area contributed by atoms with Crippen molar-refractivity contribution in [2.45, 2.75) is 44.5 Å². The molecule has 2 aliphatic heterocycles. The van der Waals surface area contributed by atoms with Crippen molar-refractivity contribution >= 4 is 17.0 Å². The van der Waals surface area contributed by atoms with Crippen LogP contribution in [0.15, 0.2) is 60.8 Å². The van der Waals surface area contributed by atoms with Gasteiger partial charge in [-0.2, -0.15) is 0 Å². The lowest BCUT2D eigenvalue weighted by atomic mass is 10.1. The molecule has 2 aromatic heterocycles. The molecule has 4 aromatic rings. The van der Waals surface area contributed by atoms with Gasteiger partial charge in [-0.15, -0.1) is 5.10 Å². The van der Waals surface area contributed by atoms with E-state index in [1.165, 1.54) is 0 Å². The average Bonchev–Trinajstić information content (AvgIpc) is 3.46. The molecule has 6 rings (SSSR count). The number of carbonyl (C=O) groups is 1. The fourth-order valence-corrected chi connectivity index (χ4v) is 4.99. The number of likely N-dealkylation sites (tertiary alicyclic amines) is 1. The van der Waals surface area contributed by atoms with Crippen LogP contribution in [0.5, 0.6) is 11.6 Å². The van der Waals surface area contributed by atoms with Crippen molar-refractivity contribution in [3.8, 4) is 11.6 Å². The Balaban J connectivity index is 1.13. The summed E-state index contributed by atoms with van der Waals surface area (Å²) in [5.74, 6) is 1.42. The summed E-state index contributed by atoms with van der Waals surface area (Å²) in [5, 5.41) is 14.1. The Labute approximate surface area is 208 Å². The van der Waals surface area contributed by atoms with Gasteiger partial charge in [-0.3, -0.25) is 9.58 Å². The molecule has 2 saturated heterocycles. The molecule has 0 unspecified atom stereocenters. The Bertz CT molecular complexity index is 1350. The number of ether oxygens (including phenoxy) is 2. The van der Waals surface area contributed by atoms with Gasteiger partial charge < -0.3 is 19.1 Å². The SMILES string of the molecule is O=C(O)c1ccc2nc(CN3CCC(n4ccc(Oc5ccccc5)n4)CC3)n(C[C@@H]3CCO3)c2c1. The minimum Gasteiger partial charge on any atom is -0.478 e. The molecule has 0 amide bonds. The summed E-state index contributed by atoms with van der Waals surface area (Å²) in [4.78, 5) is 18.8. The number of hydrogen-bond acceptors (Lipinski definition) is 6. The Hall–Kier alpha value is -3.69. The molecule has 9 heteroatoms. The van der Waals surface area contributed by atoms with Crippen LogP contribution >= 0.6 is 0 Å². The van der Waals surface area contributed by atoms with Crippen molar-refractivity contribution < 1.29 is 19.4 Å². The van der Waals surface area contributed by atoms with Crippen LogP contribution in [0.1, 0.15) is 41.5 Å². The van der Waals surface area contributed by atoms with Crippen LogP contribution in [0.25, 0.3) is 11.0 Å². The van der Waals surface area contributed by atoms with Crippen LogP contribution in [0.4, 0.5) is 0 Å². The number of carboxylic acid groups (broad SMARTS) is 1. The van der Waals surface area contributed by atoms with Crippen LogP contribution in [0.3, 0.4) is 0 Å². The fourth-order valence-electron chi connectivity index (χ4n) is 4.99. The van der Waals surface area contributed by atoms with E-state index in [2.05, 4.69) is 14.6 Å². The van der Waals surface area contributed by atoms with Gasteiger partial charge in [0.25, 0.3) is 0 Å². The third-order valence-electron chi connectivity index (χ3n) is 7.10. The number of benzene rings is 2. The molecule has 1 N–H and O–H groups in total. The van der Waals surface area contributed by atoms with Crippen LogP contribution in [0, 0.1) is 0 Å². The molecule has 0 aliphatic carbocycles. The quantitative estimate of drug-likeness (QED) is 0.395. The number of imidazole rings is 1. The van der Waals surface area contributed by atoms with Gasteiger partial charge in [0.05, 0.1) is 41.8 Å². The van der Waals surface area contributed by atoms with Crippen LogP contribution < -0.4 is 4.74 Å². The maximum absolute atomic E-state index is 11.5. The number of rotatable bonds is 8. The van der Waals surface area contributed by atoms with Gasteiger partial charge in [-0.1, -0.05) is 18.2 Å². The highest BCUT2D eigenvalue weighted by atomic mass is 16.5. The van der Waals surface area contributed by atoms with E-state index in [9.17, 15) is 9.90 Å². The number of carboxylic acids is 1. The smallest absolute Gasteiger partial charge is 0.335 e. The molecule has 0 bridgehead atoms. The average molecular weight is 488 g/mol. The van der Waals surface area contributed by atoms with Crippen molar-refractivity contribution in [3.05, 3.63) is 72.2 Å². The van der Waals surface area contributed by atoms with Gasteiger partial charge in [0, 0.05) is 32.0 Å². The molecule has 186 valence electrons. The maximum atomic E-state index is 11.5. The van der Waals surface area contributed by atoms with Gasteiger partial charge in [-0.05, 0) is 49.6 Å². The van der Waals surface area contributed by atoms with Gasteiger partial charge in [0.1, 0.15) is 11.6 Å². The molecule has 0 saturated carbocycles. The largest absolute Gasteiger partial charge is 0.478 e. The monoisotopic (exact) mass is 487 g/mol. The Morgan fingerprint density at radius 3 is 2.61 bits per heavy atom.